The summed E-state index contributed by atoms with van der Waals surface area (Å²) in [6, 6.07) is 8.02. The number of carbonyl (C=O) groups is 1. The molecular formula is C14H16O4S. The highest BCUT2D eigenvalue weighted by Gasteiger charge is 2.34. The van der Waals surface area contributed by atoms with Crippen LogP contribution in [0, 0.1) is 0 Å². The van der Waals surface area contributed by atoms with Crippen LogP contribution in [0.4, 0.5) is 0 Å². The number of ether oxygens (including phenoxy) is 1. The molecule has 0 N–H and O–H groups in total. The topological polar surface area (TPSA) is 60.4 Å². The molecule has 2 rings (SSSR count). The minimum atomic E-state index is -3.69. The average molecular weight is 280 g/mol. The molecule has 1 heterocycles. The van der Waals surface area contributed by atoms with Crippen LogP contribution in [-0.4, -0.2) is 26.2 Å². The first-order valence-corrected chi connectivity index (χ1v) is 7.77. The first-order chi connectivity index (χ1) is 9.12. The summed E-state index contributed by atoms with van der Waals surface area (Å²) in [6.07, 6.45) is 5.33. The summed E-state index contributed by atoms with van der Waals surface area (Å²) in [5.41, 5.74) is 0. The molecule has 102 valence electrons. The molecule has 19 heavy (non-hydrogen) atoms. The molecule has 5 heteroatoms. The Morgan fingerprint density at radius 3 is 2.58 bits per heavy atom. The number of hydrogen-bond acceptors (Lipinski definition) is 4. The Hall–Kier alpha value is -1.62. The second-order valence-corrected chi connectivity index (χ2v) is 6.49. The van der Waals surface area contributed by atoms with Crippen LogP contribution >= 0.6 is 0 Å². The molecule has 0 saturated heterocycles. The molecule has 0 aromatic heterocycles. The van der Waals surface area contributed by atoms with Crippen molar-refractivity contribution in [3.63, 3.8) is 0 Å². The molecule has 1 aromatic rings. The van der Waals surface area contributed by atoms with Crippen LogP contribution < -0.4 is 0 Å². The summed E-state index contributed by atoms with van der Waals surface area (Å²) in [5.74, 6) is -0.657. The van der Waals surface area contributed by atoms with Gasteiger partial charge < -0.3 is 4.74 Å². The van der Waals surface area contributed by atoms with Crippen LogP contribution in [0.1, 0.15) is 19.3 Å². The fourth-order valence-corrected chi connectivity index (χ4v) is 3.48. The molecule has 0 fully saturated rings. The van der Waals surface area contributed by atoms with Gasteiger partial charge in [0.25, 0.3) is 0 Å². The summed E-state index contributed by atoms with van der Waals surface area (Å²) in [5, 5.41) is -1.15. The number of rotatable bonds is 2. The van der Waals surface area contributed by atoms with Gasteiger partial charge in [0.05, 0.1) is 11.5 Å². The molecule has 1 aromatic carbocycles. The molecule has 1 unspecified atom stereocenters. The number of esters is 1. The quantitative estimate of drug-likeness (QED) is 0.615. The second kappa shape index (κ2) is 6.02. The number of carbonyl (C=O) groups excluding carboxylic acids is 1. The molecule has 0 saturated carbocycles. The third kappa shape index (κ3) is 3.23. The molecule has 0 aliphatic carbocycles. The molecule has 4 nitrogen and oxygen atoms in total. The number of allylic oxidation sites excluding steroid dienone is 2. The Morgan fingerprint density at radius 2 is 1.84 bits per heavy atom. The van der Waals surface area contributed by atoms with Gasteiger partial charge in [0.1, 0.15) is 0 Å². The standard InChI is InChI=1S/C14H16O4S/c15-14-13(10-6-1-2-7-11-18-14)19(16,17)12-8-4-3-5-9-12/h1,3-6,8-9,13H,2,7,10-11H2/b6-1-. The lowest BCUT2D eigenvalue weighted by Crippen LogP contribution is -2.31. The number of cyclic esters (lactones) is 1. The lowest BCUT2D eigenvalue weighted by molar-refractivity contribution is -0.143. The Kier molecular flexibility index (Phi) is 4.37. The van der Waals surface area contributed by atoms with E-state index in [1.165, 1.54) is 12.1 Å². The van der Waals surface area contributed by atoms with Gasteiger partial charge in [-0.05, 0) is 31.4 Å². The fraction of sp³-hybridized carbons (Fsp3) is 0.357. The summed E-state index contributed by atoms with van der Waals surface area (Å²) in [4.78, 5) is 12.1. The Bertz CT molecular complexity index is 560. The zero-order valence-corrected chi connectivity index (χ0v) is 11.3. The van der Waals surface area contributed by atoms with Crippen molar-refractivity contribution < 1.29 is 17.9 Å². The van der Waals surface area contributed by atoms with Gasteiger partial charge in [-0.2, -0.15) is 0 Å². The smallest absolute Gasteiger partial charge is 0.325 e. The first-order valence-electron chi connectivity index (χ1n) is 6.23. The summed E-state index contributed by atoms with van der Waals surface area (Å²) in [7, 11) is -3.69. The van der Waals surface area contributed by atoms with Crippen LogP contribution in [0.3, 0.4) is 0 Å². The van der Waals surface area contributed by atoms with E-state index >= 15 is 0 Å². The molecule has 0 spiro atoms. The van der Waals surface area contributed by atoms with E-state index in [9.17, 15) is 13.2 Å². The van der Waals surface area contributed by atoms with Gasteiger partial charge in [-0.3, -0.25) is 4.79 Å². The predicted molar refractivity (Wildman–Crippen MR) is 71.4 cm³/mol. The SMILES string of the molecule is O=C1OCCC/C=C\CC1S(=O)(=O)c1ccccc1. The zero-order chi connectivity index (χ0) is 13.7. The predicted octanol–water partition coefficient (Wildman–Crippen LogP) is 2.11. The van der Waals surface area contributed by atoms with Crippen LogP contribution in [0.15, 0.2) is 47.4 Å². The van der Waals surface area contributed by atoms with Gasteiger partial charge in [-0.15, -0.1) is 0 Å². The van der Waals surface area contributed by atoms with E-state index < -0.39 is 21.1 Å². The average Bonchev–Trinajstić information content (AvgIpc) is 2.52. The summed E-state index contributed by atoms with van der Waals surface area (Å²) in [6.45, 7) is 0.268. The van der Waals surface area contributed by atoms with Crippen molar-refractivity contribution >= 4 is 15.8 Å². The maximum atomic E-state index is 12.4. The fourth-order valence-electron chi connectivity index (χ4n) is 1.93. The summed E-state index contributed by atoms with van der Waals surface area (Å²) < 4.78 is 29.9. The van der Waals surface area contributed by atoms with Crippen molar-refractivity contribution in [2.24, 2.45) is 0 Å². The van der Waals surface area contributed by atoms with E-state index in [1.54, 1.807) is 24.3 Å². The van der Waals surface area contributed by atoms with E-state index in [2.05, 4.69) is 0 Å². The van der Waals surface area contributed by atoms with Crippen LogP contribution in [0.5, 0.6) is 0 Å². The molecule has 1 aliphatic rings. The largest absolute Gasteiger partial charge is 0.465 e. The van der Waals surface area contributed by atoms with E-state index in [0.29, 0.717) is 0 Å². The zero-order valence-electron chi connectivity index (χ0n) is 10.5. The Morgan fingerprint density at radius 1 is 1.11 bits per heavy atom. The van der Waals surface area contributed by atoms with Gasteiger partial charge in [0.15, 0.2) is 15.1 Å². The number of sulfone groups is 1. The lowest BCUT2D eigenvalue weighted by Gasteiger charge is -2.14. The monoisotopic (exact) mass is 280 g/mol. The Labute approximate surface area is 113 Å². The lowest BCUT2D eigenvalue weighted by atomic mass is 10.2. The van der Waals surface area contributed by atoms with Crippen LogP contribution in [0.25, 0.3) is 0 Å². The number of benzene rings is 1. The van der Waals surface area contributed by atoms with Crippen molar-refractivity contribution in [1.29, 1.82) is 0 Å². The van der Waals surface area contributed by atoms with E-state index in [-0.39, 0.29) is 17.9 Å². The Balaban J connectivity index is 2.33. The van der Waals surface area contributed by atoms with Gasteiger partial charge in [-0.25, -0.2) is 8.42 Å². The molecule has 0 radical (unpaired) electrons. The van der Waals surface area contributed by atoms with E-state index in [1.807, 2.05) is 6.08 Å². The second-order valence-electron chi connectivity index (χ2n) is 4.36. The highest BCUT2D eigenvalue weighted by atomic mass is 32.2. The van der Waals surface area contributed by atoms with Gasteiger partial charge in [-0.1, -0.05) is 30.4 Å². The van der Waals surface area contributed by atoms with Crippen LogP contribution in [0.2, 0.25) is 0 Å². The molecule has 0 amide bonds. The first kappa shape index (κ1) is 13.8. The van der Waals surface area contributed by atoms with Crippen molar-refractivity contribution in [2.75, 3.05) is 6.61 Å². The van der Waals surface area contributed by atoms with Crippen LogP contribution in [-0.2, 0) is 19.4 Å². The maximum absolute atomic E-state index is 12.4. The van der Waals surface area contributed by atoms with Gasteiger partial charge >= 0.3 is 5.97 Å². The van der Waals surface area contributed by atoms with Gasteiger partial charge in [0.2, 0.25) is 0 Å². The third-order valence-electron chi connectivity index (χ3n) is 2.99. The van der Waals surface area contributed by atoms with Crippen molar-refractivity contribution in [3.8, 4) is 0 Å². The third-order valence-corrected chi connectivity index (χ3v) is 5.05. The molecule has 1 aliphatic heterocycles. The van der Waals surface area contributed by atoms with Crippen molar-refractivity contribution in [1.82, 2.24) is 0 Å². The van der Waals surface area contributed by atoms with Crippen molar-refractivity contribution in [3.05, 3.63) is 42.5 Å². The minimum Gasteiger partial charge on any atom is -0.465 e. The molecular weight excluding hydrogens is 264 g/mol. The van der Waals surface area contributed by atoms with Crippen molar-refractivity contribution in [2.45, 2.75) is 29.4 Å². The molecule has 0 bridgehead atoms. The highest BCUT2D eigenvalue weighted by Crippen LogP contribution is 2.21. The highest BCUT2D eigenvalue weighted by molar-refractivity contribution is 7.92. The van der Waals surface area contributed by atoms with Gasteiger partial charge in [0, 0.05) is 0 Å². The van der Waals surface area contributed by atoms with E-state index in [4.69, 9.17) is 4.74 Å². The maximum Gasteiger partial charge on any atom is 0.325 e. The number of hydrogen-bond donors (Lipinski definition) is 0. The minimum absolute atomic E-state index is 0.157. The summed E-state index contributed by atoms with van der Waals surface area (Å²) >= 11 is 0. The normalized spacial score (nSPS) is 22.7. The van der Waals surface area contributed by atoms with E-state index in [0.717, 1.165) is 12.8 Å². The molecule has 1 atom stereocenters.